The lowest BCUT2D eigenvalue weighted by Crippen LogP contribution is -2.33. The molecule has 0 aromatic heterocycles. The fourth-order valence-corrected chi connectivity index (χ4v) is 4.19. The van der Waals surface area contributed by atoms with E-state index in [0.717, 1.165) is 0 Å². The highest BCUT2D eigenvalue weighted by atomic mass is 32.2. The van der Waals surface area contributed by atoms with E-state index < -0.39 is 21.4 Å². The highest BCUT2D eigenvalue weighted by molar-refractivity contribution is 7.89. The van der Waals surface area contributed by atoms with Crippen molar-refractivity contribution in [2.75, 3.05) is 11.9 Å². The van der Waals surface area contributed by atoms with Crippen molar-refractivity contribution in [1.82, 2.24) is 4.72 Å². The van der Waals surface area contributed by atoms with E-state index in [2.05, 4.69) is 4.72 Å². The molecule has 1 aliphatic heterocycles. The minimum atomic E-state index is -3.79. The molecule has 27 heavy (non-hydrogen) atoms. The van der Waals surface area contributed by atoms with Crippen LogP contribution in [0, 0.1) is 0 Å². The molecular weight excluding hydrogens is 368 g/mol. The summed E-state index contributed by atoms with van der Waals surface area (Å²) >= 11 is 0. The van der Waals surface area contributed by atoms with Gasteiger partial charge in [0.15, 0.2) is 0 Å². The van der Waals surface area contributed by atoms with Crippen molar-refractivity contribution in [2.24, 2.45) is 0 Å². The van der Waals surface area contributed by atoms with Gasteiger partial charge in [-0.3, -0.25) is 4.79 Å². The number of carboxylic acid groups (broad SMARTS) is 1. The number of likely N-dealkylation sites (N-methyl/N-ethyl adjacent to an activating group) is 1. The maximum absolute atomic E-state index is 12.7. The van der Waals surface area contributed by atoms with E-state index in [1.54, 1.807) is 39.1 Å². The van der Waals surface area contributed by atoms with E-state index in [1.165, 1.54) is 29.2 Å². The Morgan fingerprint density at radius 2 is 1.78 bits per heavy atom. The van der Waals surface area contributed by atoms with Crippen LogP contribution < -0.4 is 9.62 Å². The van der Waals surface area contributed by atoms with Gasteiger partial charge in [-0.25, -0.2) is 17.9 Å². The Hall–Kier alpha value is -2.71. The van der Waals surface area contributed by atoms with Crippen LogP contribution in [0.15, 0.2) is 47.4 Å². The molecule has 7 nitrogen and oxygen atoms in total. The first-order valence-corrected chi connectivity index (χ1v) is 9.77. The minimum Gasteiger partial charge on any atom is -0.478 e. The maximum Gasteiger partial charge on any atom is 0.335 e. The molecule has 142 valence electrons. The Balaban J connectivity index is 1.83. The average molecular weight is 388 g/mol. The number of aromatic carboxylic acids is 1. The van der Waals surface area contributed by atoms with E-state index in [1.807, 2.05) is 0 Å². The number of rotatable bonds is 5. The summed E-state index contributed by atoms with van der Waals surface area (Å²) in [6, 6.07) is 10.6. The van der Waals surface area contributed by atoms with E-state index in [-0.39, 0.29) is 22.9 Å². The second-order valence-electron chi connectivity index (χ2n) is 6.99. The van der Waals surface area contributed by atoms with Crippen LogP contribution in [-0.4, -0.2) is 32.4 Å². The van der Waals surface area contributed by atoms with Gasteiger partial charge in [0.05, 0.1) is 15.9 Å². The van der Waals surface area contributed by atoms with Crippen LogP contribution >= 0.6 is 0 Å². The molecule has 2 aromatic carbocycles. The second kappa shape index (κ2) is 6.47. The lowest BCUT2D eigenvalue weighted by molar-refractivity contribution is -0.121. The highest BCUT2D eigenvalue weighted by Gasteiger charge is 2.42. The number of anilines is 1. The Labute approximate surface area is 157 Å². The predicted molar refractivity (Wildman–Crippen MR) is 100 cm³/mol. The Morgan fingerprint density at radius 3 is 2.37 bits per heavy atom. The van der Waals surface area contributed by atoms with Crippen molar-refractivity contribution in [2.45, 2.75) is 30.7 Å². The van der Waals surface area contributed by atoms with Crippen molar-refractivity contribution in [3.05, 3.63) is 59.2 Å². The van der Waals surface area contributed by atoms with Crippen LogP contribution in [0.1, 0.15) is 35.3 Å². The summed E-state index contributed by atoms with van der Waals surface area (Å²) in [6.07, 6.45) is 0. The predicted octanol–water partition coefficient (Wildman–Crippen LogP) is 2.12. The second-order valence-corrected chi connectivity index (χ2v) is 8.76. The Kier molecular flexibility index (Phi) is 4.57. The maximum atomic E-state index is 12.7. The summed E-state index contributed by atoms with van der Waals surface area (Å²) in [5.41, 5.74) is 1.36. The number of amides is 1. The number of nitrogens with zero attached hydrogens (tertiary/aromatic N) is 1. The van der Waals surface area contributed by atoms with Crippen molar-refractivity contribution < 1.29 is 23.1 Å². The molecule has 2 N–H and O–H groups in total. The molecule has 0 atom stereocenters. The van der Waals surface area contributed by atoms with Gasteiger partial charge >= 0.3 is 5.97 Å². The van der Waals surface area contributed by atoms with Gasteiger partial charge in [-0.2, -0.15) is 0 Å². The molecule has 0 saturated carbocycles. The molecule has 0 bridgehead atoms. The molecule has 0 saturated heterocycles. The molecule has 0 aliphatic carbocycles. The van der Waals surface area contributed by atoms with E-state index >= 15 is 0 Å². The molecule has 3 rings (SSSR count). The summed E-state index contributed by atoms with van der Waals surface area (Å²) in [7, 11) is -2.12. The molecule has 8 heteroatoms. The quantitative estimate of drug-likeness (QED) is 0.817. The van der Waals surface area contributed by atoms with E-state index in [9.17, 15) is 18.0 Å². The third kappa shape index (κ3) is 3.33. The topological polar surface area (TPSA) is 104 Å². The van der Waals surface area contributed by atoms with Gasteiger partial charge < -0.3 is 10.0 Å². The molecular formula is C19H20N2O5S. The van der Waals surface area contributed by atoms with Crippen LogP contribution in [0.3, 0.4) is 0 Å². The summed E-state index contributed by atoms with van der Waals surface area (Å²) in [6.45, 7) is 3.57. The Bertz CT molecular complexity index is 1030. The summed E-state index contributed by atoms with van der Waals surface area (Å²) in [5.74, 6) is -1.12. The van der Waals surface area contributed by atoms with Gasteiger partial charge in [-0.05, 0) is 55.3 Å². The van der Waals surface area contributed by atoms with Crippen LogP contribution in [0.5, 0.6) is 0 Å². The van der Waals surface area contributed by atoms with Crippen molar-refractivity contribution in [3.8, 4) is 0 Å². The van der Waals surface area contributed by atoms with Gasteiger partial charge in [0.25, 0.3) is 0 Å². The number of carboxylic acids is 1. The number of fused-ring (bicyclic) bond motifs is 1. The lowest BCUT2D eigenvalue weighted by Gasteiger charge is -2.16. The van der Waals surface area contributed by atoms with Crippen molar-refractivity contribution in [3.63, 3.8) is 0 Å². The van der Waals surface area contributed by atoms with Gasteiger partial charge in [-0.1, -0.05) is 12.1 Å². The third-order valence-corrected chi connectivity index (χ3v) is 6.22. The number of carbonyl (C=O) groups excluding carboxylic acids is 1. The molecule has 1 amide bonds. The molecule has 0 spiro atoms. The van der Waals surface area contributed by atoms with Crippen LogP contribution in [0.4, 0.5) is 5.69 Å². The van der Waals surface area contributed by atoms with E-state index in [0.29, 0.717) is 16.8 Å². The van der Waals surface area contributed by atoms with Crippen LogP contribution in [-0.2, 0) is 26.8 Å². The fourth-order valence-electron chi connectivity index (χ4n) is 3.15. The van der Waals surface area contributed by atoms with Gasteiger partial charge in [-0.15, -0.1) is 0 Å². The molecule has 1 aliphatic rings. The molecule has 1 heterocycles. The van der Waals surface area contributed by atoms with Gasteiger partial charge in [0.2, 0.25) is 15.9 Å². The minimum absolute atomic E-state index is 0.0293. The first-order chi connectivity index (χ1) is 12.5. The monoisotopic (exact) mass is 388 g/mol. The normalized spacial score (nSPS) is 15.7. The number of benzene rings is 2. The zero-order chi connectivity index (χ0) is 20.0. The summed E-state index contributed by atoms with van der Waals surface area (Å²) in [5, 5.41) is 8.90. The molecule has 0 radical (unpaired) electrons. The average Bonchev–Trinajstić information content (AvgIpc) is 2.81. The first-order valence-electron chi connectivity index (χ1n) is 8.28. The number of carbonyl (C=O) groups is 2. The zero-order valence-corrected chi connectivity index (χ0v) is 16.0. The number of hydrogen-bond acceptors (Lipinski definition) is 4. The summed E-state index contributed by atoms with van der Waals surface area (Å²) in [4.78, 5) is 24.8. The number of hydrogen-bond donors (Lipinski definition) is 2. The molecule has 0 fully saturated rings. The van der Waals surface area contributed by atoms with Crippen LogP contribution in [0.25, 0.3) is 0 Å². The molecule has 2 aromatic rings. The lowest BCUT2D eigenvalue weighted by atomic mass is 9.86. The SMILES string of the molecule is CN1C(=O)C(C)(C)c2cc(S(=O)(=O)NCc3ccc(C(=O)O)cc3)ccc21. The van der Waals surface area contributed by atoms with E-state index in [4.69, 9.17) is 5.11 Å². The zero-order valence-electron chi connectivity index (χ0n) is 15.2. The summed E-state index contributed by atoms with van der Waals surface area (Å²) < 4.78 is 27.8. The fraction of sp³-hybridized carbons (Fsp3) is 0.263. The highest BCUT2D eigenvalue weighted by Crippen LogP contribution is 2.41. The Morgan fingerprint density at radius 1 is 1.15 bits per heavy atom. The largest absolute Gasteiger partial charge is 0.478 e. The third-order valence-electron chi connectivity index (χ3n) is 4.82. The number of sulfonamides is 1. The van der Waals surface area contributed by atoms with Gasteiger partial charge in [0.1, 0.15) is 0 Å². The number of nitrogens with one attached hydrogen (secondary N) is 1. The first kappa shape index (κ1) is 19.1. The standard InChI is InChI=1S/C19H20N2O5S/c1-19(2)15-10-14(8-9-16(15)21(3)18(19)24)27(25,26)20-11-12-4-6-13(7-5-12)17(22)23/h4-10,20H,11H2,1-3H3,(H,22,23). The van der Waals surface area contributed by atoms with Crippen molar-refractivity contribution in [1.29, 1.82) is 0 Å². The smallest absolute Gasteiger partial charge is 0.335 e. The van der Waals surface area contributed by atoms with Crippen LogP contribution in [0.2, 0.25) is 0 Å². The molecule has 0 unspecified atom stereocenters. The van der Waals surface area contributed by atoms with Gasteiger partial charge in [0, 0.05) is 19.3 Å². The van der Waals surface area contributed by atoms with Crippen molar-refractivity contribution >= 4 is 27.6 Å².